The second kappa shape index (κ2) is 6.41. The van der Waals surface area contributed by atoms with E-state index in [2.05, 4.69) is 20.2 Å². The number of carbonyl (C=O) groups excluding carboxylic acids is 1. The summed E-state index contributed by atoms with van der Waals surface area (Å²) in [6, 6.07) is 9.42. The number of guanidine groups is 1. The largest absolute Gasteiger partial charge is 0.370 e. The van der Waals surface area contributed by atoms with Crippen molar-refractivity contribution in [2.75, 3.05) is 0 Å². The van der Waals surface area contributed by atoms with Gasteiger partial charge in [0.05, 0.1) is 11.2 Å². The number of nitrogens with two attached hydrogens (primary N) is 2. The minimum absolute atomic E-state index is 0. The summed E-state index contributed by atoms with van der Waals surface area (Å²) >= 11 is 0. The highest BCUT2D eigenvalue weighted by atomic mass is 35.5. The Morgan fingerprint density at radius 3 is 2.65 bits per heavy atom. The third kappa shape index (κ3) is 3.11. The van der Waals surface area contributed by atoms with Crippen LogP contribution in [0.4, 0.5) is 0 Å². The van der Waals surface area contributed by atoms with Crippen LogP contribution in [0.25, 0.3) is 16.6 Å². The van der Waals surface area contributed by atoms with Crippen LogP contribution in [0.15, 0.2) is 41.5 Å². The normalized spacial score (nSPS) is 10.1. The number of hydrogen-bond donors (Lipinski definition) is 2. The average Bonchev–Trinajstić information content (AvgIpc) is 2.88. The Bertz CT molecular complexity index is 894. The zero-order chi connectivity index (χ0) is 15.7. The first kappa shape index (κ1) is 16.4. The molecular formula is C14H14ClN7O. The number of rotatable bonds is 2. The molecule has 2 heterocycles. The Morgan fingerprint density at radius 1 is 1.17 bits per heavy atom. The molecule has 0 saturated carbocycles. The molecule has 8 nitrogen and oxygen atoms in total. The summed E-state index contributed by atoms with van der Waals surface area (Å²) in [5, 5.41) is 9.39. The van der Waals surface area contributed by atoms with E-state index in [9.17, 15) is 4.79 Å². The van der Waals surface area contributed by atoms with Crippen molar-refractivity contribution in [2.45, 2.75) is 6.92 Å². The zero-order valence-electron chi connectivity index (χ0n) is 12.2. The molecule has 0 atom stereocenters. The fourth-order valence-corrected chi connectivity index (χ4v) is 2.10. The van der Waals surface area contributed by atoms with Gasteiger partial charge in [0.1, 0.15) is 5.69 Å². The lowest BCUT2D eigenvalue weighted by atomic mass is 10.2. The number of pyridine rings is 1. The van der Waals surface area contributed by atoms with E-state index < -0.39 is 5.91 Å². The van der Waals surface area contributed by atoms with Crippen LogP contribution >= 0.6 is 12.4 Å². The van der Waals surface area contributed by atoms with Crippen LogP contribution in [-0.2, 0) is 0 Å². The number of nitrogens with zero attached hydrogens (tertiary/aromatic N) is 5. The van der Waals surface area contributed by atoms with Crippen LogP contribution < -0.4 is 11.5 Å². The molecule has 0 aliphatic carbocycles. The van der Waals surface area contributed by atoms with Crippen LogP contribution in [-0.4, -0.2) is 31.8 Å². The van der Waals surface area contributed by atoms with Crippen molar-refractivity contribution in [2.24, 2.45) is 16.5 Å². The maximum absolute atomic E-state index is 11.9. The number of fused-ring (bicyclic) bond motifs is 1. The van der Waals surface area contributed by atoms with E-state index >= 15 is 0 Å². The number of aromatic nitrogens is 4. The minimum atomic E-state index is -0.628. The minimum Gasteiger partial charge on any atom is -0.370 e. The Hall–Kier alpha value is -3.00. The Morgan fingerprint density at radius 2 is 1.91 bits per heavy atom. The van der Waals surface area contributed by atoms with Gasteiger partial charge in [-0.25, -0.2) is 0 Å². The highest BCUT2D eigenvalue weighted by Gasteiger charge is 2.17. The molecule has 0 bridgehead atoms. The molecule has 1 aromatic carbocycles. The molecule has 0 fully saturated rings. The molecule has 9 heteroatoms. The van der Waals surface area contributed by atoms with Gasteiger partial charge in [0.2, 0.25) is 0 Å². The molecule has 2 aromatic heterocycles. The lowest BCUT2D eigenvalue weighted by Crippen LogP contribution is -2.24. The molecule has 0 radical (unpaired) electrons. The van der Waals surface area contributed by atoms with Gasteiger partial charge in [-0.05, 0) is 19.1 Å². The lowest BCUT2D eigenvalue weighted by Gasteiger charge is -2.03. The Kier molecular flexibility index (Phi) is 4.56. The molecule has 0 unspecified atom stereocenters. The highest BCUT2D eigenvalue weighted by molar-refractivity contribution is 6.01. The SMILES string of the molecule is Cc1nn(-c2cccc3cccnc23)nc1C(=O)N=C(N)N.Cl. The molecule has 23 heavy (non-hydrogen) atoms. The summed E-state index contributed by atoms with van der Waals surface area (Å²) in [5.74, 6) is -0.942. The summed E-state index contributed by atoms with van der Waals surface area (Å²) in [7, 11) is 0. The number of halogens is 1. The van der Waals surface area contributed by atoms with Crippen LogP contribution in [0.1, 0.15) is 16.2 Å². The Balaban J connectivity index is 0.00000192. The third-order valence-corrected chi connectivity index (χ3v) is 3.04. The predicted molar refractivity (Wildman–Crippen MR) is 88.8 cm³/mol. The van der Waals surface area contributed by atoms with Crippen LogP contribution in [0.2, 0.25) is 0 Å². The molecule has 3 aromatic rings. The average molecular weight is 332 g/mol. The van der Waals surface area contributed by atoms with E-state index in [0.29, 0.717) is 11.4 Å². The van der Waals surface area contributed by atoms with Gasteiger partial charge in [0.15, 0.2) is 11.7 Å². The van der Waals surface area contributed by atoms with Crippen molar-refractivity contribution in [1.82, 2.24) is 20.0 Å². The van der Waals surface area contributed by atoms with Gasteiger partial charge in [-0.15, -0.1) is 22.3 Å². The van der Waals surface area contributed by atoms with Gasteiger partial charge in [-0.1, -0.05) is 18.2 Å². The summed E-state index contributed by atoms with van der Waals surface area (Å²) in [5.41, 5.74) is 12.4. The summed E-state index contributed by atoms with van der Waals surface area (Å²) in [6.07, 6.45) is 1.69. The predicted octanol–water partition coefficient (Wildman–Crippen LogP) is 0.959. The molecular weight excluding hydrogens is 318 g/mol. The monoisotopic (exact) mass is 331 g/mol. The number of amides is 1. The van der Waals surface area contributed by atoms with Crippen molar-refractivity contribution in [3.8, 4) is 5.69 Å². The maximum Gasteiger partial charge on any atom is 0.302 e. The summed E-state index contributed by atoms with van der Waals surface area (Å²) < 4.78 is 0. The molecule has 0 aliphatic rings. The molecule has 0 aliphatic heterocycles. The highest BCUT2D eigenvalue weighted by Crippen LogP contribution is 2.19. The maximum atomic E-state index is 11.9. The Labute approximate surface area is 137 Å². The van der Waals surface area contributed by atoms with Crippen molar-refractivity contribution in [3.05, 3.63) is 47.9 Å². The standard InChI is InChI=1S/C14H13N7O.ClH/c1-8-11(13(22)18-14(15)16)20-21(19-8)10-6-2-4-9-5-3-7-17-12(9)10;/h2-7H,1H3,(H4,15,16,18,22);1H. The molecule has 3 rings (SSSR count). The molecule has 4 N–H and O–H groups in total. The first-order valence-corrected chi connectivity index (χ1v) is 6.48. The summed E-state index contributed by atoms with van der Waals surface area (Å²) in [6.45, 7) is 1.66. The van der Waals surface area contributed by atoms with Gasteiger partial charge in [-0.2, -0.15) is 10.1 Å². The van der Waals surface area contributed by atoms with Crippen molar-refractivity contribution < 1.29 is 4.79 Å². The smallest absolute Gasteiger partial charge is 0.302 e. The topological polar surface area (TPSA) is 125 Å². The molecule has 118 valence electrons. The van der Waals surface area contributed by atoms with Crippen molar-refractivity contribution in [3.63, 3.8) is 0 Å². The van der Waals surface area contributed by atoms with E-state index in [-0.39, 0.29) is 24.1 Å². The third-order valence-electron chi connectivity index (χ3n) is 3.04. The second-order valence-corrected chi connectivity index (χ2v) is 4.62. The van der Waals surface area contributed by atoms with Crippen LogP contribution in [0.5, 0.6) is 0 Å². The van der Waals surface area contributed by atoms with Crippen LogP contribution in [0, 0.1) is 6.92 Å². The summed E-state index contributed by atoms with van der Waals surface area (Å²) in [4.78, 5) is 21.1. The quantitative estimate of drug-likeness (QED) is 0.532. The van der Waals surface area contributed by atoms with Crippen molar-refractivity contribution >= 4 is 35.2 Å². The van der Waals surface area contributed by atoms with E-state index in [0.717, 1.165) is 10.9 Å². The van der Waals surface area contributed by atoms with E-state index in [1.807, 2.05) is 30.3 Å². The number of benzene rings is 1. The second-order valence-electron chi connectivity index (χ2n) is 4.62. The van der Waals surface area contributed by atoms with Gasteiger partial charge >= 0.3 is 5.91 Å². The fourth-order valence-electron chi connectivity index (χ4n) is 2.10. The number of carbonyl (C=O) groups is 1. The van der Waals surface area contributed by atoms with Crippen molar-refractivity contribution in [1.29, 1.82) is 0 Å². The first-order valence-electron chi connectivity index (χ1n) is 6.48. The number of aryl methyl sites for hydroxylation is 1. The number of aliphatic imine (C=N–C) groups is 1. The molecule has 0 saturated heterocycles. The molecule has 0 spiro atoms. The fraction of sp³-hybridized carbons (Fsp3) is 0.0714. The van der Waals surface area contributed by atoms with Gasteiger partial charge < -0.3 is 11.5 Å². The van der Waals surface area contributed by atoms with Gasteiger partial charge in [0, 0.05) is 11.6 Å². The zero-order valence-corrected chi connectivity index (χ0v) is 13.0. The van der Waals surface area contributed by atoms with E-state index in [1.165, 1.54) is 4.80 Å². The lowest BCUT2D eigenvalue weighted by molar-refractivity contribution is 0.0997. The number of para-hydroxylation sites is 1. The first-order chi connectivity index (χ1) is 10.6. The van der Waals surface area contributed by atoms with E-state index in [4.69, 9.17) is 11.5 Å². The van der Waals surface area contributed by atoms with Gasteiger partial charge in [0.25, 0.3) is 0 Å². The van der Waals surface area contributed by atoms with E-state index in [1.54, 1.807) is 13.1 Å². The van der Waals surface area contributed by atoms with Gasteiger partial charge in [-0.3, -0.25) is 9.78 Å². The molecule has 1 amide bonds. The number of hydrogen-bond acceptors (Lipinski definition) is 4. The van der Waals surface area contributed by atoms with Crippen LogP contribution in [0.3, 0.4) is 0 Å².